The van der Waals surface area contributed by atoms with E-state index in [0.717, 1.165) is 12.0 Å². The Morgan fingerprint density at radius 3 is 2.53 bits per heavy atom. The predicted octanol–water partition coefficient (Wildman–Crippen LogP) is 3.47. The zero-order valence-corrected chi connectivity index (χ0v) is 9.97. The number of hydrogen-bond acceptors (Lipinski definition) is 2. The summed E-state index contributed by atoms with van der Waals surface area (Å²) in [5, 5.41) is 0. The van der Waals surface area contributed by atoms with E-state index in [1.54, 1.807) is 6.08 Å². The fraction of sp³-hybridized carbons (Fsp3) is 0.267. The van der Waals surface area contributed by atoms with Crippen molar-refractivity contribution in [3.8, 4) is 0 Å². The van der Waals surface area contributed by atoms with Crippen LogP contribution in [0.5, 0.6) is 0 Å². The van der Waals surface area contributed by atoms with E-state index in [1.165, 1.54) is 0 Å². The Balaban J connectivity index is 2.63. The summed E-state index contributed by atoms with van der Waals surface area (Å²) < 4.78 is 5.00. The number of rotatable bonds is 7. The molecule has 0 aromatic heterocycles. The highest BCUT2D eigenvalue weighted by atomic mass is 16.5. The molecule has 2 nitrogen and oxygen atoms in total. The van der Waals surface area contributed by atoms with E-state index < -0.39 is 0 Å². The van der Waals surface area contributed by atoms with Gasteiger partial charge < -0.3 is 4.74 Å². The molecular formula is C15H18O2. The lowest BCUT2D eigenvalue weighted by molar-refractivity contribution is -0.142. The van der Waals surface area contributed by atoms with Crippen LogP contribution in [0, 0.1) is 0 Å². The Hall–Kier alpha value is -1.83. The summed E-state index contributed by atoms with van der Waals surface area (Å²) in [7, 11) is 0. The highest BCUT2D eigenvalue weighted by Crippen LogP contribution is 2.24. The van der Waals surface area contributed by atoms with Gasteiger partial charge in [0, 0.05) is 0 Å². The number of benzene rings is 1. The molecular weight excluding hydrogens is 212 g/mol. The van der Waals surface area contributed by atoms with Crippen molar-refractivity contribution in [1.82, 2.24) is 0 Å². The molecule has 1 atom stereocenters. The second-order valence-corrected chi connectivity index (χ2v) is 3.81. The number of hydrogen-bond donors (Lipinski definition) is 0. The summed E-state index contributed by atoms with van der Waals surface area (Å²) >= 11 is 0. The van der Waals surface area contributed by atoms with Crippen LogP contribution in [0.2, 0.25) is 0 Å². The van der Waals surface area contributed by atoms with Gasteiger partial charge in [0.15, 0.2) is 0 Å². The zero-order chi connectivity index (χ0) is 12.5. The number of carbonyl (C=O) groups is 1. The van der Waals surface area contributed by atoms with Crippen molar-refractivity contribution in [2.24, 2.45) is 0 Å². The first-order chi connectivity index (χ1) is 8.27. The Labute approximate surface area is 103 Å². The van der Waals surface area contributed by atoms with Gasteiger partial charge in [-0.3, -0.25) is 4.79 Å². The standard InChI is InChI=1S/C15H18O2/c1-3-8-14(12-15(16)17-11-4-2)13-9-6-5-7-10-13/h3-7,9-10,14H,1-2,8,11-12H2. The van der Waals surface area contributed by atoms with Crippen LogP contribution in [0.15, 0.2) is 55.6 Å². The maximum absolute atomic E-state index is 11.6. The van der Waals surface area contributed by atoms with E-state index in [2.05, 4.69) is 13.2 Å². The van der Waals surface area contributed by atoms with E-state index in [9.17, 15) is 4.79 Å². The first kappa shape index (κ1) is 13.2. The summed E-state index contributed by atoms with van der Waals surface area (Å²) in [6, 6.07) is 9.95. The topological polar surface area (TPSA) is 26.3 Å². The van der Waals surface area contributed by atoms with Gasteiger partial charge in [-0.2, -0.15) is 0 Å². The number of esters is 1. The SMILES string of the molecule is C=CCOC(=O)CC(CC=C)c1ccccc1. The number of carbonyl (C=O) groups excluding carboxylic acids is 1. The molecule has 0 aliphatic heterocycles. The van der Waals surface area contributed by atoms with Crippen LogP contribution in [0.1, 0.15) is 24.3 Å². The van der Waals surface area contributed by atoms with Crippen LogP contribution < -0.4 is 0 Å². The molecule has 1 aromatic carbocycles. The second-order valence-electron chi connectivity index (χ2n) is 3.81. The van der Waals surface area contributed by atoms with E-state index in [1.807, 2.05) is 36.4 Å². The minimum absolute atomic E-state index is 0.144. The number of allylic oxidation sites excluding steroid dienone is 1. The van der Waals surface area contributed by atoms with Gasteiger partial charge in [-0.25, -0.2) is 0 Å². The van der Waals surface area contributed by atoms with Crippen molar-refractivity contribution in [2.45, 2.75) is 18.8 Å². The molecule has 0 aliphatic carbocycles. The van der Waals surface area contributed by atoms with E-state index in [0.29, 0.717) is 6.42 Å². The molecule has 0 heterocycles. The highest BCUT2D eigenvalue weighted by Gasteiger charge is 2.15. The molecule has 0 saturated carbocycles. The van der Waals surface area contributed by atoms with Gasteiger partial charge in [0.1, 0.15) is 6.61 Å². The van der Waals surface area contributed by atoms with Crippen molar-refractivity contribution >= 4 is 5.97 Å². The van der Waals surface area contributed by atoms with Crippen LogP contribution in [-0.2, 0) is 9.53 Å². The van der Waals surface area contributed by atoms with Crippen molar-refractivity contribution in [2.75, 3.05) is 6.61 Å². The van der Waals surface area contributed by atoms with Crippen LogP contribution in [0.25, 0.3) is 0 Å². The van der Waals surface area contributed by atoms with E-state index in [-0.39, 0.29) is 18.5 Å². The van der Waals surface area contributed by atoms with Gasteiger partial charge in [0.25, 0.3) is 0 Å². The van der Waals surface area contributed by atoms with Crippen molar-refractivity contribution in [1.29, 1.82) is 0 Å². The third-order valence-corrected chi connectivity index (χ3v) is 2.50. The lowest BCUT2D eigenvalue weighted by Gasteiger charge is -2.14. The molecule has 90 valence electrons. The smallest absolute Gasteiger partial charge is 0.306 e. The van der Waals surface area contributed by atoms with E-state index in [4.69, 9.17) is 4.74 Å². The molecule has 0 fully saturated rings. The van der Waals surface area contributed by atoms with Gasteiger partial charge in [-0.1, -0.05) is 49.1 Å². The molecule has 1 aromatic rings. The molecule has 0 saturated heterocycles. The molecule has 0 spiro atoms. The third-order valence-electron chi connectivity index (χ3n) is 2.50. The average Bonchev–Trinajstić information content (AvgIpc) is 2.37. The largest absolute Gasteiger partial charge is 0.461 e. The molecule has 0 radical (unpaired) electrons. The van der Waals surface area contributed by atoms with Crippen molar-refractivity contribution < 1.29 is 9.53 Å². The Bertz CT molecular complexity index is 368. The molecule has 0 N–H and O–H groups in total. The predicted molar refractivity (Wildman–Crippen MR) is 69.8 cm³/mol. The first-order valence-corrected chi connectivity index (χ1v) is 5.70. The lowest BCUT2D eigenvalue weighted by atomic mass is 9.93. The van der Waals surface area contributed by atoms with Crippen LogP contribution >= 0.6 is 0 Å². The Morgan fingerprint density at radius 1 is 1.24 bits per heavy atom. The summed E-state index contributed by atoms with van der Waals surface area (Å²) in [5.74, 6) is -0.0494. The summed E-state index contributed by atoms with van der Waals surface area (Å²) in [6.07, 6.45) is 4.55. The summed E-state index contributed by atoms with van der Waals surface area (Å²) in [4.78, 5) is 11.6. The fourth-order valence-electron chi connectivity index (χ4n) is 1.68. The molecule has 2 heteroatoms. The highest BCUT2D eigenvalue weighted by molar-refractivity contribution is 5.70. The fourth-order valence-corrected chi connectivity index (χ4v) is 1.68. The second kappa shape index (κ2) is 7.44. The van der Waals surface area contributed by atoms with Gasteiger partial charge in [-0.05, 0) is 17.9 Å². The normalized spacial score (nSPS) is 11.5. The zero-order valence-electron chi connectivity index (χ0n) is 9.97. The Kier molecular flexibility index (Phi) is 5.80. The molecule has 1 unspecified atom stereocenters. The number of ether oxygens (including phenoxy) is 1. The quantitative estimate of drug-likeness (QED) is 0.529. The lowest BCUT2D eigenvalue weighted by Crippen LogP contribution is -2.10. The van der Waals surface area contributed by atoms with Crippen molar-refractivity contribution in [3.63, 3.8) is 0 Å². The third kappa shape index (κ3) is 4.68. The van der Waals surface area contributed by atoms with Gasteiger partial charge >= 0.3 is 5.97 Å². The maximum atomic E-state index is 11.6. The van der Waals surface area contributed by atoms with Crippen LogP contribution in [-0.4, -0.2) is 12.6 Å². The molecule has 0 aliphatic rings. The van der Waals surface area contributed by atoms with E-state index >= 15 is 0 Å². The average molecular weight is 230 g/mol. The molecule has 1 rings (SSSR count). The molecule has 0 amide bonds. The van der Waals surface area contributed by atoms with Crippen molar-refractivity contribution in [3.05, 3.63) is 61.2 Å². The van der Waals surface area contributed by atoms with Gasteiger partial charge in [-0.15, -0.1) is 6.58 Å². The van der Waals surface area contributed by atoms with Gasteiger partial charge in [0.05, 0.1) is 6.42 Å². The minimum Gasteiger partial charge on any atom is -0.461 e. The maximum Gasteiger partial charge on any atom is 0.306 e. The monoisotopic (exact) mass is 230 g/mol. The summed E-state index contributed by atoms with van der Waals surface area (Å²) in [6.45, 7) is 7.51. The molecule has 0 bridgehead atoms. The van der Waals surface area contributed by atoms with Crippen LogP contribution in [0.4, 0.5) is 0 Å². The summed E-state index contributed by atoms with van der Waals surface area (Å²) in [5.41, 5.74) is 1.14. The first-order valence-electron chi connectivity index (χ1n) is 5.70. The van der Waals surface area contributed by atoms with Crippen LogP contribution in [0.3, 0.4) is 0 Å². The van der Waals surface area contributed by atoms with Gasteiger partial charge in [0.2, 0.25) is 0 Å². The Morgan fingerprint density at radius 2 is 1.94 bits per heavy atom. The minimum atomic E-state index is -0.194. The molecule has 17 heavy (non-hydrogen) atoms.